The van der Waals surface area contributed by atoms with Gasteiger partial charge in [-0.15, -0.1) is 0 Å². The van der Waals surface area contributed by atoms with Crippen LogP contribution in [0.3, 0.4) is 0 Å². The minimum absolute atomic E-state index is 0.380. The molecule has 0 aliphatic carbocycles. The first kappa shape index (κ1) is 11.1. The van der Waals surface area contributed by atoms with Crippen LogP contribution < -0.4 is 0 Å². The van der Waals surface area contributed by atoms with Crippen LogP contribution in [-0.4, -0.2) is 0 Å². The largest absolute Gasteiger partial charge is 0.0987 e. The zero-order chi connectivity index (χ0) is 9.02. The van der Waals surface area contributed by atoms with E-state index < -0.39 is 0 Å². The summed E-state index contributed by atoms with van der Waals surface area (Å²) in [5, 5.41) is 1.32. The van der Waals surface area contributed by atoms with E-state index in [1.165, 1.54) is 0 Å². The minimum Gasteiger partial charge on any atom is -0.0987 e. The maximum absolute atomic E-state index is 5.81. The molecule has 0 aliphatic heterocycles. The summed E-state index contributed by atoms with van der Waals surface area (Å²) in [5.41, 5.74) is 0.816. The second kappa shape index (κ2) is 4.87. The monoisotopic (exact) mass is 210 g/mol. The van der Waals surface area contributed by atoms with E-state index >= 15 is 0 Å². The van der Waals surface area contributed by atoms with Crippen LogP contribution in [0.2, 0.25) is 0 Å². The van der Waals surface area contributed by atoms with Crippen LogP contribution in [0.4, 0.5) is 0 Å². The second-order valence-electron chi connectivity index (χ2n) is 2.05. The standard InChI is InChI=1S/C8H9Cl3/c1-4-5(2)7(10)8(11)6(3)9/h4H,1H2,2-3H3/b7-5+,8-6-. The fraction of sp³-hybridized carbons (Fsp3) is 0.250. The summed E-state index contributed by atoms with van der Waals surface area (Å²) in [5.74, 6) is 0. The van der Waals surface area contributed by atoms with Gasteiger partial charge >= 0.3 is 0 Å². The fourth-order valence-corrected chi connectivity index (χ4v) is 0.925. The molecule has 0 saturated heterocycles. The molecule has 0 unspecified atom stereocenters. The molecule has 0 atom stereocenters. The van der Waals surface area contributed by atoms with E-state index in [2.05, 4.69) is 6.58 Å². The van der Waals surface area contributed by atoms with Crippen molar-refractivity contribution in [2.24, 2.45) is 0 Å². The highest BCUT2D eigenvalue weighted by Crippen LogP contribution is 2.27. The molecule has 62 valence electrons. The number of rotatable bonds is 2. The number of hydrogen-bond acceptors (Lipinski definition) is 0. The Morgan fingerprint density at radius 3 is 1.82 bits per heavy atom. The normalized spacial score (nSPS) is 15.4. The molecule has 0 radical (unpaired) electrons. The molecule has 0 aromatic carbocycles. The Balaban J connectivity index is 4.90. The highest BCUT2D eigenvalue weighted by Gasteiger charge is 2.03. The van der Waals surface area contributed by atoms with Gasteiger partial charge in [0, 0.05) is 5.03 Å². The van der Waals surface area contributed by atoms with Gasteiger partial charge in [-0.05, 0) is 19.4 Å². The molecule has 0 saturated carbocycles. The van der Waals surface area contributed by atoms with Crippen LogP contribution >= 0.6 is 34.8 Å². The lowest BCUT2D eigenvalue weighted by Gasteiger charge is -2.00. The molecule has 11 heavy (non-hydrogen) atoms. The van der Waals surface area contributed by atoms with Crippen molar-refractivity contribution in [1.29, 1.82) is 0 Å². The van der Waals surface area contributed by atoms with E-state index in [0.717, 1.165) is 5.57 Å². The van der Waals surface area contributed by atoms with Crippen LogP contribution in [0, 0.1) is 0 Å². The second-order valence-corrected chi connectivity index (χ2v) is 3.37. The third-order valence-electron chi connectivity index (χ3n) is 1.15. The van der Waals surface area contributed by atoms with Crippen molar-refractivity contribution in [2.45, 2.75) is 13.8 Å². The Hall–Kier alpha value is 0.0900. The van der Waals surface area contributed by atoms with E-state index in [9.17, 15) is 0 Å². The van der Waals surface area contributed by atoms with Gasteiger partial charge in [0.2, 0.25) is 0 Å². The van der Waals surface area contributed by atoms with Crippen molar-refractivity contribution in [3.8, 4) is 0 Å². The third kappa shape index (κ3) is 3.33. The van der Waals surface area contributed by atoms with Crippen LogP contribution in [0.25, 0.3) is 0 Å². The number of halogens is 3. The van der Waals surface area contributed by atoms with Gasteiger partial charge in [0.1, 0.15) is 0 Å². The third-order valence-corrected chi connectivity index (χ3v) is 2.49. The molecule has 0 N–H and O–H groups in total. The Labute approximate surface area is 82.1 Å². The Morgan fingerprint density at radius 1 is 1.09 bits per heavy atom. The van der Waals surface area contributed by atoms with E-state index in [4.69, 9.17) is 34.8 Å². The molecule has 0 rings (SSSR count). The molecule has 0 spiro atoms. The van der Waals surface area contributed by atoms with Crippen LogP contribution in [0.15, 0.2) is 33.3 Å². The van der Waals surface area contributed by atoms with E-state index in [-0.39, 0.29) is 0 Å². The van der Waals surface area contributed by atoms with E-state index in [1.54, 1.807) is 13.0 Å². The van der Waals surface area contributed by atoms with Gasteiger partial charge in [-0.3, -0.25) is 0 Å². The van der Waals surface area contributed by atoms with E-state index in [0.29, 0.717) is 15.1 Å². The van der Waals surface area contributed by atoms with Crippen molar-refractivity contribution in [1.82, 2.24) is 0 Å². The highest BCUT2D eigenvalue weighted by atomic mass is 35.5. The molecule has 0 bridgehead atoms. The Kier molecular flexibility index (Phi) is 4.91. The summed E-state index contributed by atoms with van der Waals surface area (Å²) in [6.07, 6.45) is 1.63. The summed E-state index contributed by atoms with van der Waals surface area (Å²) in [6, 6.07) is 0. The minimum atomic E-state index is 0.380. The maximum atomic E-state index is 5.81. The Bertz CT molecular complexity index is 219. The predicted molar refractivity (Wildman–Crippen MR) is 53.2 cm³/mol. The summed E-state index contributed by atoms with van der Waals surface area (Å²) < 4.78 is 0. The molecule has 3 heteroatoms. The van der Waals surface area contributed by atoms with Crippen molar-refractivity contribution in [3.63, 3.8) is 0 Å². The average molecular weight is 212 g/mol. The summed E-state index contributed by atoms with van der Waals surface area (Å²) in [6.45, 7) is 7.06. The zero-order valence-electron chi connectivity index (χ0n) is 6.42. The molecule has 0 fully saturated rings. The van der Waals surface area contributed by atoms with Crippen LogP contribution in [0.1, 0.15) is 13.8 Å². The molecule has 0 amide bonds. The zero-order valence-corrected chi connectivity index (χ0v) is 8.69. The molecule has 0 aromatic rings. The van der Waals surface area contributed by atoms with Gasteiger partial charge in [0.05, 0.1) is 10.1 Å². The van der Waals surface area contributed by atoms with Crippen molar-refractivity contribution in [2.75, 3.05) is 0 Å². The lowest BCUT2D eigenvalue weighted by molar-refractivity contribution is 1.48. The average Bonchev–Trinajstić information content (AvgIpc) is 2.00. The summed E-state index contributed by atoms with van der Waals surface area (Å²) in [4.78, 5) is 0. The Morgan fingerprint density at radius 2 is 1.55 bits per heavy atom. The van der Waals surface area contributed by atoms with Gasteiger partial charge < -0.3 is 0 Å². The predicted octanol–water partition coefficient (Wildman–Crippen LogP) is 4.39. The topological polar surface area (TPSA) is 0 Å². The van der Waals surface area contributed by atoms with Crippen molar-refractivity contribution < 1.29 is 0 Å². The lowest BCUT2D eigenvalue weighted by Crippen LogP contribution is -1.79. The summed E-state index contributed by atoms with van der Waals surface area (Å²) >= 11 is 17.2. The molecule has 0 aromatic heterocycles. The first-order chi connectivity index (χ1) is 5.00. The quantitative estimate of drug-likeness (QED) is 0.594. The van der Waals surface area contributed by atoms with Gasteiger partial charge in [-0.1, -0.05) is 47.5 Å². The van der Waals surface area contributed by atoms with Crippen molar-refractivity contribution >= 4 is 34.8 Å². The first-order valence-corrected chi connectivity index (χ1v) is 4.15. The van der Waals surface area contributed by atoms with E-state index in [1.807, 2.05) is 6.92 Å². The van der Waals surface area contributed by atoms with Gasteiger partial charge in [0.15, 0.2) is 0 Å². The van der Waals surface area contributed by atoms with Gasteiger partial charge in [-0.2, -0.15) is 0 Å². The molecule has 0 heterocycles. The fourth-order valence-electron chi connectivity index (χ4n) is 0.414. The first-order valence-electron chi connectivity index (χ1n) is 3.01. The van der Waals surface area contributed by atoms with Gasteiger partial charge in [0.25, 0.3) is 0 Å². The lowest BCUT2D eigenvalue weighted by atomic mass is 10.2. The molecular formula is C8H9Cl3. The van der Waals surface area contributed by atoms with Gasteiger partial charge in [-0.25, -0.2) is 0 Å². The van der Waals surface area contributed by atoms with Crippen LogP contribution in [-0.2, 0) is 0 Å². The summed E-state index contributed by atoms with van der Waals surface area (Å²) in [7, 11) is 0. The molecule has 0 aliphatic rings. The van der Waals surface area contributed by atoms with Crippen molar-refractivity contribution in [3.05, 3.63) is 33.3 Å². The number of allylic oxidation sites excluding steroid dienone is 5. The smallest absolute Gasteiger partial charge is 0.0737 e. The highest BCUT2D eigenvalue weighted by molar-refractivity contribution is 6.48. The van der Waals surface area contributed by atoms with Crippen LogP contribution in [0.5, 0.6) is 0 Å². The maximum Gasteiger partial charge on any atom is 0.0737 e. The molecule has 0 nitrogen and oxygen atoms in total. The number of hydrogen-bond donors (Lipinski definition) is 0. The molecular weight excluding hydrogens is 202 g/mol. The SMILES string of the molecule is C=C/C(C)=C(Cl)\C(Cl)=C(/C)Cl.